The molecule has 1 aromatic heterocycles. The van der Waals surface area contributed by atoms with Crippen molar-refractivity contribution in [3.63, 3.8) is 0 Å². The van der Waals surface area contributed by atoms with Crippen molar-refractivity contribution in [1.82, 2.24) is 15.0 Å². The van der Waals surface area contributed by atoms with Gasteiger partial charge in [-0.1, -0.05) is 0 Å². The van der Waals surface area contributed by atoms with E-state index in [0.29, 0.717) is 24.5 Å². The largest absolute Gasteiger partial charge is 0.372 e. The maximum atomic E-state index is 5.73. The van der Waals surface area contributed by atoms with Crippen LogP contribution in [0.15, 0.2) is 0 Å². The predicted molar refractivity (Wildman–Crippen MR) is 80.6 cm³/mol. The summed E-state index contributed by atoms with van der Waals surface area (Å²) in [4.78, 5) is 17.5. The van der Waals surface area contributed by atoms with Crippen molar-refractivity contribution >= 4 is 17.8 Å². The molecule has 112 valence electrons. The summed E-state index contributed by atoms with van der Waals surface area (Å²) in [6.07, 6.45) is 0. The number of aromatic nitrogens is 3. The fourth-order valence-electron chi connectivity index (χ4n) is 2.12. The highest BCUT2D eigenvalue weighted by molar-refractivity contribution is 5.45. The molecule has 0 bridgehead atoms. The Hall–Kier alpha value is -1.63. The summed E-state index contributed by atoms with van der Waals surface area (Å²) in [6.45, 7) is 9.23. The molecular formula is C13H24N6O. The highest BCUT2D eigenvalue weighted by Crippen LogP contribution is 2.22. The van der Waals surface area contributed by atoms with Gasteiger partial charge in [0, 0.05) is 33.7 Å². The second kappa shape index (κ2) is 5.78. The second-order valence-corrected chi connectivity index (χ2v) is 5.71. The lowest BCUT2D eigenvalue weighted by atomic mass is 10.1. The van der Waals surface area contributed by atoms with E-state index in [4.69, 9.17) is 4.74 Å². The fourth-order valence-corrected chi connectivity index (χ4v) is 2.12. The Kier molecular flexibility index (Phi) is 4.27. The molecule has 20 heavy (non-hydrogen) atoms. The molecule has 1 fully saturated rings. The standard InChI is InChI=1S/C13H24N6O/c1-6-14-10-15-11(18(4)5)17-12(16-10)19-7-8-20-13(2,3)9-19/h6-9H2,1-5H3,(H,14,15,16,17). The quantitative estimate of drug-likeness (QED) is 0.882. The Morgan fingerprint density at radius 1 is 1.30 bits per heavy atom. The summed E-state index contributed by atoms with van der Waals surface area (Å²) in [5.74, 6) is 1.98. The van der Waals surface area contributed by atoms with Gasteiger partial charge in [-0.25, -0.2) is 0 Å². The zero-order valence-electron chi connectivity index (χ0n) is 13.0. The molecule has 0 saturated carbocycles. The zero-order chi connectivity index (χ0) is 14.8. The van der Waals surface area contributed by atoms with Crippen molar-refractivity contribution < 1.29 is 4.74 Å². The van der Waals surface area contributed by atoms with Crippen molar-refractivity contribution in [3.05, 3.63) is 0 Å². The van der Waals surface area contributed by atoms with E-state index in [1.165, 1.54) is 0 Å². The lowest BCUT2D eigenvalue weighted by Gasteiger charge is -2.38. The van der Waals surface area contributed by atoms with E-state index in [9.17, 15) is 0 Å². The third-order valence-electron chi connectivity index (χ3n) is 3.06. The topological polar surface area (TPSA) is 66.4 Å². The lowest BCUT2D eigenvalue weighted by Crippen LogP contribution is -2.49. The maximum absolute atomic E-state index is 5.73. The van der Waals surface area contributed by atoms with Gasteiger partial charge in [0.1, 0.15) is 0 Å². The molecular weight excluding hydrogens is 256 g/mol. The van der Waals surface area contributed by atoms with Crippen molar-refractivity contribution in [2.24, 2.45) is 0 Å². The number of hydrogen-bond acceptors (Lipinski definition) is 7. The molecule has 0 radical (unpaired) electrons. The number of ether oxygens (including phenoxy) is 1. The van der Waals surface area contributed by atoms with Gasteiger partial charge >= 0.3 is 0 Å². The molecule has 0 unspecified atom stereocenters. The number of nitrogens with zero attached hydrogens (tertiary/aromatic N) is 5. The molecule has 0 aliphatic carbocycles. The van der Waals surface area contributed by atoms with E-state index in [-0.39, 0.29) is 5.60 Å². The van der Waals surface area contributed by atoms with Gasteiger partial charge in [0.25, 0.3) is 0 Å². The minimum absolute atomic E-state index is 0.179. The van der Waals surface area contributed by atoms with Gasteiger partial charge in [-0.3, -0.25) is 0 Å². The van der Waals surface area contributed by atoms with E-state index in [0.717, 1.165) is 19.6 Å². The molecule has 1 aliphatic heterocycles. The Morgan fingerprint density at radius 2 is 2.05 bits per heavy atom. The molecule has 7 nitrogen and oxygen atoms in total. The van der Waals surface area contributed by atoms with Crippen LogP contribution in [-0.2, 0) is 4.74 Å². The smallest absolute Gasteiger partial charge is 0.232 e. The van der Waals surface area contributed by atoms with Crippen LogP contribution in [-0.4, -0.2) is 60.9 Å². The Balaban J connectivity index is 2.29. The minimum Gasteiger partial charge on any atom is -0.372 e. The normalized spacial score (nSPS) is 17.9. The van der Waals surface area contributed by atoms with Crippen molar-refractivity contribution in [3.8, 4) is 0 Å². The van der Waals surface area contributed by atoms with Gasteiger partial charge in [-0.2, -0.15) is 15.0 Å². The van der Waals surface area contributed by atoms with Crippen LogP contribution in [0.1, 0.15) is 20.8 Å². The second-order valence-electron chi connectivity index (χ2n) is 5.71. The van der Waals surface area contributed by atoms with Gasteiger partial charge in [-0.05, 0) is 20.8 Å². The average molecular weight is 280 g/mol. The van der Waals surface area contributed by atoms with Crippen LogP contribution in [0.3, 0.4) is 0 Å². The maximum Gasteiger partial charge on any atom is 0.232 e. The van der Waals surface area contributed by atoms with Crippen molar-refractivity contribution in [2.75, 3.05) is 55.5 Å². The molecule has 1 aromatic rings. The van der Waals surface area contributed by atoms with Crippen LogP contribution in [0.5, 0.6) is 0 Å². The monoisotopic (exact) mass is 280 g/mol. The molecule has 2 heterocycles. The number of rotatable bonds is 4. The van der Waals surface area contributed by atoms with Crippen LogP contribution in [0.25, 0.3) is 0 Å². The predicted octanol–water partition coefficient (Wildman–Crippen LogP) is 0.985. The summed E-state index contributed by atoms with van der Waals surface area (Å²) < 4.78 is 5.73. The molecule has 2 rings (SSSR count). The van der Waals surface area contributed by atoms with Gasteiger partial charge in [0.15, 0.2) is 0 Å². The SMILES string of the molecule is CCNc1nc(N(C)C)nc(N2CCOC(C)(C)C2)n1. The van der Waals surface area contributed by atoms with E-state index in [1.54, 1.807) is 0 Å². The van der Waals surface area contributed by atoms with Crippen LogP contribution in [0.2, 0.25) is 0 Å². The number of hydrogen-bond donors (Lipinski definition) is 1. The third-order valence-corrected chi connectivity index (χ3v) is 3.06. The van der Waals surface area contributed by atoms with E-state index in [1.807, 2.05) is 25.9 Å². The van der Waals surface area contributed by atoms with Crippen LogP contribution in [0.4, 0.5) is 17.8 Å². The fraction of sp³-hybridized carbons (Fsp3) is 0.769. The summed E-state index contributed by atoms with van der Waals surface area (Å²) >= 11 is 0. The highest BCUT2D eigenvalue weighted by Gasteiger charge is 2.29. The molecule has 0 amide bonds. The van der Waals surface area contributed by atoms with Crippen LogP contribution < -0.4 is 15.1 Å². The summed E-state index contributed by atoms with van der Waals surface area (Å²) in [7, 11) is 3.86. The van der Waals surface area contributed by atoms with Gasteiger partial charge < -0.3 is 19.9 Å². The molecule has 0 atom stereocenters. The number of morpholine rings is 1. The van der Waals surface area contributed by atoms with E-state index < -0.39 is 0 Å². The minimum atomic E-state index is -0.179. The first-order valence-corrected chi connectivity index (χ1v) is 6.97. The lowest BCUT2D eigenvalue weighted by molar-refractivity contribution is -0.0281. The van der Waals surface area contributed by atoms with Crippen molar-refractivity contribution in [1.29, 1.82) is 0 Å². The van der Waals surface area contributed by atoms with E-state index in [2.05, 4.69) is 39.0 Å². The molecule has 1 saturated heterocycles. The number of nitrogens with one attached hydrogen (secondary N) is 1. The Bertz CT molecular complexity index is 462. The molecule has 1 N–H and O–H groups in total. The van der Waals surface area contributed by atoms with Crippen molar-refractivity contribution in [2.45, 2.75) is 26.4 Å². The summed E-state index contributed by atoms with van der Waals surface area (Å²) in [5, 5.41) is 3.16. The first kappa shape index (κ1) is 14.8. The van der Waals surface area contributed by atoms with Crippen LogP contribution >= 0.6 is 0 Å². The third kappa shape index (κ3) is 3.47. The molecule has 0 aromatic carbocycles. The Morgan fingerprint density at radius 3 is 2.65 bits per heavy atom. The van der Waals surface area contributed by atoms with Gasteiger partial charge in [0.05, 0.1) is 12.2 Å². The summed E-state index contributed by atoms with van der Waals surface area (Å²) in [6, 6.07) is 0. The van der Waals surface area contributed by atoms with Gasteiger partial charge in [-0.15, -0.1) is 0 Å². The molecule has 0 spiro atoms. The summed E-state index contributed by atoms with van der Waals surface area (Å²) in [5.41, 5.74) is -0.179. The molecule has 7 heteroatoms. The number of anilines is 3. The zero-order valence-corrected chi connectivity index (χ0v) is 13.0. The van der Waals surface area contributed by atoms with E-state index >= 15 is 0 Å². The highest BCUT2D eigenvalue weighted by atomic mass is 16.5. The van der Waals surface area contributed by atoms with Crippen LogP contribution in [0, 0.1) is 0 Å². The van der Waals surface area contributed by atoms with Gasteiger partial charge in [0.2, 0.25) is 17.8 Å². The first-order valence-electron chi connectivity index (χ1n) is 6.97. The first-order chi connectivity index (χ1) is 9.41. The molecule has 1 aliphatic rings. The average Bonchev–Trinajstić information content (AvgIpc) is 2.37. The Labute approximate surface area is 120 Å².